The van der Waals surface area contributed by atoms with Crippen molar-refractivity contribution in [3.05, 3.63) is 51.2 Å². The van der Waals surface area contributed by atoms with Crippen molar-refractivity contribution in [2.24, 2.45) is 13.0 Å². The quantitative estimate of drug-likeness (QED) is 0.798. The van der Waals surface area contributed by atoms with Crippen LogP contribution in [-0.2, 0) is 20.1 Å². The molecule has 9 nitrogen and oxygen atoms in total. The van der Waals surface area contributed by atoms with E-state index in [1.807, 2.05) is 38.1 Å². The number of nitrogens with zero attached hydrogens (tertiary/aromatic N) is 5. The molecule has 1 N–H and O–H groups in total. The van der Waals surface area contributed by atoms with Crippen LogP contribution in [0.3, 0.4) is 0 Å². The summed E-state index contributed by atoms with van der Waals surface area (Å²) in [5.41, 5.74) is 2.69. The number of hydrogen-bond donors (Lipinski definition) is 1. The lowest BCUT2D eigenvalue weighted by Crippen LogP contribution is -2.52. The SMILES string of the molecule is CCNC(=O)N1C[C@@H]2C[C@H](C1)c1ccc(C(=O)N(C)Cc3cn(C)nc3C)c(=O)n1C2. The highest BCUT2D eigenvalue weighted by atomic mass is 16.2. The van der Waals surface area contributed by atoms with Gasteiger partial charge in [-0.3, -0.25) is 14.3 Å². The van der Waals surface area contributed by atoms with E-state index in [1.54, 1.807) is 27.3 Å². The van der Waals surface area contributed by atoms with Crippen molar-refractivity contribution >= 4 is 11.9 Å². The Labute approximate surface area is 181 Å². The van der Waals surface area contributed by atoms with Gasteiger partial charge in [-0.2, -0.15) is 5.10 Å². The summed E-state index contributed by atoms with van der Waals surface area (Å²) in [6, 6.07) is 3.49. The fraction of sp³-hybridized carbons (Fsp3) is 0.545. The molecule has 31 heavy (non-hydrogen) atoms. The third kappa shape index (κ3) is 3.96. The molecular weight excluding hydrogens is 396 g/mol. The molecule has 2 aromatic heterocycles. The predicted molar refractivity (Wildman–Crippen MR) is 116 cm³/mol. The van der Waals surface area contributed by atoms with E-state index >= 15 is 0 Å². The third-order valence-corrected chi connectivity index (χ3v) is 6.32. The normalized spacial score (nSPS) is 19.7. The van der Waals surface area contributed by atoms with Crippen LogP contribution >= 0.6 is 0 Å². The van der Waals surface area contributed by atoms with Gasteiger partial charge in [0.2, 0.25) is 0 Å². The summed E-state index contributed by atoms with van der Waals surface area (Å²) in [5.74, 6) is 0.0404. The standard InChI is InChI=1S/C22H30N6O3/c1-5-23-22(31)27-9-15-8-16(13-27)19-7-6-18(21(30)28(19)10-15)20(29)25(3)11-17-12-26(4)24-14(17)2/h6-7,12,15-16H,5,8-11,13H2,1-4H3,(H,23,31)/t15-,16+/m0/s1. The minimum Gasteiger partial charge on any atom is -0.338 e. The average Bonchev–Trinajstić information content (AvgIpc) is 3.05. The molecule has 2 atom stereocenters. The first-order valence-corrected chi connectivity index (χ1v) is 10.8. The van der Waals surface area contributed by atoms with E-state index in [4.69, 9.17) is 0 Å². The molecule has 0 aromatic carbocycles. The molecule has 0 saturated carbocycles. The molecule has 2 bridgehead atoms. The monoisotopic (exact) mass is 426 g/mol. The predicted octanol–water partition coefficient (Wildman–Crippen LogP) is 1.31. The number of fused-ring (bicyclic) bond motifs is 4. The van der Waals surface area contributed by atoms with E-state index in [9.17, 15) is 14.4 Å². The minimum absolute atomic E-state index is 0.0490. The first-order chi connectivity index (χ1) is 14.8. The lowest BCUT2D eigenvalue weighted by atomic mass is 9.83. The molecule has 9 heteroatoms. The maximum Gasteiger partial charge on any atom is 0.317 e. The van der Waals surface area contributed by atoms with Gasteiger partial charge in [0.25, 0.3) is 11.5 Å². The molecular formula is C22H30N6O3. The van der Waals surface area contributed by atoms with Crippen molar-refractivity contribution in [2.75, 3.05) is 26.7 Å². The lowest BCUT2D eigenvalue weighted by molar-refractivity contribution is 0.0781. The second-order valence-corrected chi connectivity index (χ2v) is 8.70. The van der Waals surface area contributed by atoms with Crippen molar-refractivity contribution in [1.82, 2.24) is 29.5 Å². The Morgan fingerprint density at radius 2 is 2.03 bits per heavy atom. The van der Waals surface area contributed by atoms with Crippen LogP contribution in [0.2, 0.25) is 0 Å². The molecule has 1 saturated heterocycles. The summed E-state index contributed by atoms with van der Waals surface area (Å²) in [6.45, 7) is 6.56. The van der Waals surface area contributed by atoms with Crippen LogP contribution in [0.25, 0.3) is 0 Å². The third-order valence-electron chi connectivity index (χ3n) is 6.32. The Bertz CT molecular complexity index is 1070. The van der Waals surface area contributed by atoms with Crippen molar-refractivity contribution in [2.45, 2.75) is 39.3 Å². The van der Waals surface area contributed by atoms with Gasteiger partial charge < -0.3 is 19.7 Å². The Morgan fingerprint density at radius 3 is 2.71 bits per heavy atom. The molecule has 0 radical (unpaired) electrons. The van der Waals surface area contributed by atoms with E-state index in [0.29, 0.717) is 32.7 Å². The molecule has 1 fully saturated rings. The van der Waals surface area contributed by atoms with E-state index in [0.717, 1.165) is 23.4 Å². The lowest BCUT2D eigenvalue weighted by Gasteiger charge is -2.42. The van der Waals surface area contributed by atoms with Gasteiger partial charge >= 0.3 is 6.03 Å². The largest absolute Gasteiger partial charge is 0.338 e. The number of carbonyl (C=O) groups is 2. The van der Waals surface area contributed by atoms with Crippen molar-refractivity contribution in [3.63, 3.8) is 0 Å². The van der Waals surface area contributed by atoms with Gasteiger partial charge in [-0.05, 0) is 38.3 Å². The number of aromatic nitrogens is 3. The van der Waals surface area contributed by atoms with Gasteiger partial charge in [0.1, 0.15) is 5.56 Å². The van der Waals surface area contributed by atoms with Gasteiger partial charge in [0, 0.05) is 70.2 Å². The van der Waals surface area contributed by atoms with Crippen molar-refractivity contribution < 1.29 is 9.59 Å². The number of urea groups is 1. The molecule has 0 spiro atoms. The number of carbonyl (C=O) groups excluding carboxylic acids is 2. The minimum atomic E-state index is -0.289. The Hall–Kier alpha value is -3.10. The highest BCUT2D eigenvalue weighted by Crippen LogP contribution is 2.35. The average molecular weight is 427 g/mol. The van der Waals surface area contributed by atoms with E-state index in [1.165, 1.54) is 0 Å². The van der Waals surface area contributed by atoms with E-state index in [2.05, 4.69) is 10.4 Å². The van der Waals surface area contributed by atoms with Crippen LogP contribution in [0.1, 0.15) is 46.6 Å². The topological polar surface area (TPSA) is 92.5 Å². The zero-order valence-corrected chi connectivity index (χ0v) is 18.6. The first kappa shape index (κ1) is 21.1. The zero-order chi connectivity index (χ0) is 22.3. The Morgan fingerprint density at radius 1 is 1.26 bits per heavy atom. The summed E-state index contributed by atoms with van der Waals surface area (Å²) < 4.78 is 3.48. The van der Waals surface area contributed by atoms with Crippen LogP contribution in [0.4, 0.5) is 4.79 Å². The van der Waals surface area contributed by atoms with Crippen LogP contribution < -0.4 is 10.9 Å². The fourth-order valence-corrected chi connectivity index (χ4v) is 4.87. The molecule has 2 aromatic rings. The number of hydrogen-bond acceptors (Lipinski definition) is 4. The van der Waals surface area contributed by atoms with Crippen molar-refractivity contribution in [1.29, 1.82) is 0 Å². The first-order valence-electron chi connectivity index (χ1n) is 10.8. The summed E-state index contributed by atoms with van der Waals surface area (Å²) in [7, 11) is 3.55. The number of piperidine rings is 1. The van der Waals surface area contributed by atoms with Crippen LogP contribution in [0.15, 0.2) is 23.1 Å². The Balaban J connectivity index is 1.56. The zero-order valence-electron chi connectivity index (χ0n) is 18.6. The van der Waals surface area contributed by atoms with Crippen LogP contribution in [0.5, 0.6) is 0 Å². The van der Waals surface area contributed by atoms with Gasteiger partial charge in [-0.15, -0.1) is 0 Å². The fourth-order valence-electron chi connectivity index (χ4n) is 4.87. The molecule has 4 rings (SSSR count). The highest BCUT2D eigenvalue weighted by molar-refractivity contribution is 5.93. The van der Waals surface area contributed by atoms with E-state index < -0.39 is 0 Å². The molecule has 2 aliphatic heterocycles. The van der Waals surface area contributed by atoms with Gasteiger partial charge in [0.05, 0.1) is 5.69 Å². The van der Waals surface area contributed by atoms with Crippen LogP contribution in [0, 0.1) is 12.8 Å². The number of pyridine rings is 1. The number of likely N-dealkylation sites (tertiary alicyclic amines) is 1. The van der Waals surface area contributed by atoms with Crippen LogP contribution in [-0.4, -0.2) is 62.8 Å². The molecule has 4 heterocycles. The highest BCUT2D eigenvalue weighted by Gasteiger charge is 2.37. The van der Waals surface area contributed by atoms with Gasteiger partial charge in [0.15, 0.2) is 0 Å². The smallest absolute Gasteiger partial charge is 0.317 e. The number of aryl methyl sites for hydroxylation is 2. The van der Waals surface area contributed by atoms with Gasteiger partial charge in [-0.25, -0.2) is 4.79 Å². The van der Waals surface area contributed by atoms with Crippen molar-refractivity contribution in [3.8, 4) is 0 Å². The molecule has 166 valence electrons. The summed E-state index contributed by atoms with van der Waals surface area (Å²) >= 11 is 0. The second kappa shape index (κ2) is 8.20. The summed E-state index contributed by atoms with van der Waals surface area (Å²) in [4.78, 5) is 42.0. The number of nitrogens with one attached hydrogen (secondary N) is 1. The Kier molecular flexibility index (Phi) is 5.60. The molecule has 3 amide bonds. The second-order valence-electron chi connectivity index (χ2n) is 8.70. The summed E-state index contributed by atoms with van der Waals surface area (Å²) in [6.07, 6.45) is 2.85. The van der Waals surface area contributed by atoms with E-state index in [-0.39, 0.29) is 34.9 Å². The molecule has 0 unspecified atom stereocenters. The molecule has 2 aliphatic rings. The summed E-state index contributed by atoms with van der Waals surface area (Å²) in [5, 5.41) is 7.18. The maximum absolute atomic E-state index is 13.2. The number of amides is 3. The maximum atomic E-state index is 13.2. The molecule has 0 aliphatic carbocycles. The van der Waals surface area contributed by atoms with Gasteiger partial charge in [-0.1, -0.05) is 0 Å². The number of rotatable bonds is 4.